The number of carbonyl (C=O) groups excluding carboxylic acids is 2. The van der Waals surface area contributed by atoms with Crippen LogP contribution in [0.5, 0.6) is 0 Å². The number of carbonyl (C=O) groups is 2. The van der Waals surface area contributed by atoms with Gasteiger partial charge < -0.3 is 4.57 Å². The predicted octanol–water partition coefficient (Wildman–Crippen LogP) is 2.69. The van der Waals surface area contributed by atoms with Crippen molar-refractivity contribution in [2.24, 2.45) is 0 Å². The zero-order valence-electron chi connectivity index (χ0n) is 16.4. The Morgan fingerprint density at radius 2 is 1.61 bits per heavy atom. The molecule has 2 aromatic carbocycles. The minimum atomic E-state index is -0.299. The van der Waals surface area contributed by atoms with Crippen molar-refractivity contribution >= 4 is 39.1 Å². The van der Waals surface area contributed by atoms with Crippen LogP contribution in [0.25, 0.3) is 16.0 Å². The van der Waals surface area contributed by atoms with E-state index in [0.717, 1.165) is 16.9 Å². The normalized spacial score (nSPS) is 13.6. The molecule has 0 fully saturated rings. The number of amides is 2. The fraction of sp³-hybridized carbons (Fsp3) is 0.143. The van der Waals surface area contributed by atoms with Gasteiger partial charge in [-0.2, -0.15) is 9.61 Å². The Hall–Kier alpha value is -3.92. The highest BCUT2D eigenvalue weighted by Crippen LogP contribution is 2.26. The average molecular weight is 429 g/mol. The standard InChI is InChI=1S/C21H15N7O2S/c1-12-22-15-8-4-5-9-16(15)26(12)10-17-23-24-21-28(17)25-18(31-21)11-27-19(29)13-6-2-3-7-14(13)20(27)30/h2-9H,10-11H2,1H3. The van der Waals surface area contributed by atoms with E-state index in [9.17, 15) is 9.59 Å². The minimum Gasteiger partial charge on any atom is -0.320 e. The molecule has 9 nitrogen and oxygen atoms in total. The second-order valence-corrected chi connectivity index (χ2v) is 8.32. The third kappa shape index (κ3) is 2.68. The van der Waals surface area contributed by atoms with Gasteiger partial charge in [0, 0.05) is 0 Å². The number of aryl methyl sites for hydroxylation is 1. The Labute approximate surface area is 179 Å². The molecule has 2 amide bonds. The van der Waals surface area contributed by atoms with Crippen LogP contribution in [0, 0.1) is 6.92 Å². The van der Waals surface area contributed by atoms with E-state index in [1.807, 2.05) is 31.2 Å². The SMILES string of the molecule is Cc1nc2ccccc2n1Cc1nnc2sc(CN3C(=O)c4ccccc4C3=O)nn12. The van der Waals surface area contributed by atoms with Gasteiger partial charge in [0.1, 0.15) is 10.8 Å². The molecular formula is C21H15N7O2S. The first-order valence-corrected chi connectivity index (χ1v) is 10.5. The molecule has 5 aromatic rings. The Bertz CT molecular complexity index is 1480. The van der Waals surface area contributed by atoms with Crippen molar-refractivity contribution in [1.82, 2.24) is 34.3 Å². The summed E-state index contributed by atoms with van der Waals surface area (Å²) >= 11 is 1.32. The molecule has 0 radical (unpaired) electrons. The summed E-state index contributed by atoms with van der Waals surface area (Å²) in [4.78, 5) is 31.7. The predicted molar refractivity (Wildman–Crippen MR) is 113 cm³/mol. The minimum absolute atomic E-state index is 0.104. The van der Waals surface area contributed by atoms with Gasteiger partial charge in [-0.1, -0.05) is 35.6 Å². The van der Waals surface area contributed by atoms with Gasteiger partial charge in [-0.3, -0.25) is 14.5 Å². The molecule has 31 heavy (non-hydrogen) atoms. The van der Waals surface area contributed by atoms with Crippen LogP contribution < -0.4 is 0 Å². The van der Waals surface area contributed by atoms with Gasteiger partial charge in [-0.15, -0.1) is 10.2 Å². The van der Waals surface area contributed by atoms with Crippen LogP contribution in [-0.2, 0) is 13.1 Å². The van der Waals surface area contributed by atoms with E-state index in [1.165, 1.54) is 16.2 Å². The highest BCUT2D eigenvalue weighted by Gasteiger charge is 2.35. The lowest BCUT2D eigenvalue weighted by Gasteiger charge is -2.10. The Morgan fingerprint density at radius 1 is 0.903 bits per heavy atom. The van der Waals surface area contributed by atoms with Crippen LogP contribution in [0.2, 0.25) is 0 Å². The van der Waals surface area contributed by atoms with E-state index in [0.29, 0.717) is 33.5 Å². The third-order valence-corrected chi connectivity index (χ3v) is 6.30. The van der Waals surface area contributed by atoms with E-state index in [-0.39, 0.29) is 18.4 Å². The summed E-state index contributed by atoms with van der Waals surface area (Å²) in [6.07, 6.45) is 0. The van der Waals surface area contributed by atoms with Crippen LogP contribution in [0.4, 0.5) is 0 Å². The van der Waals surface area contributed by atoms with Gasteiger partial charge in [0.15, 0.2) is 5.82 Å². The summed E-state index contributed by atoms with van der Waals surface area (Å²) in [5.74, 6) is 0.935. The zero-order valence-corrected chi connectivity index (χ0v) is 17.2. The van der Waals surface area contributed by atoms with Gasteiger partial charge >= 0.3 is 0 Å². The highest BCUT2D eigenvalue weighted by atomic mass is 32.1. The summed E-state index contributed by atoms with van der Waals surface area (Å²) in [7, 11) is 0. The van der Waals surface area contributed by atoms with Crippen LogP contribution in [0.3, 0.4) is 0 Å². The van der Waals surface area contributed by atoms with Crippen molar-refractivity contribution in [3.05, 3.63) is 76.3 Å². The van der Waals surface area contributed by atoms with Crippen molar-refractivity contribution in [2.45, 2.75) is 20.0 Å². The van der Waals surface area contributed by atoms with E-state index in [4.69, 9.17) is 0 Å². The maximum absolute atomic E-state index is 12.6. The molecule has 0 unspecified atom stereocenters. The lowest BCUT2D eigenvalue weighted by atomic mass is 10.1. The second-order valence-electron chi connectivity index (χ2n) is 7.28. The lowest BCUT2D eigenvalue weighted by molar-refractivity contribution is 0.0642. The molecule has 0 spiro atoms. The highest BCUT2D eigenvalue weighted by molar-refractivity contribution is 7.16. The first-order chi connectivity index (χ1) is 15.1. The monoisotopic (exact) mass is 429 g/mol. The number of hydrogen-bond acceptors (Lipinski definition) is 7. The molecule has 10 heteroatoms. The molecule has 0 atom stereocenters. The third-order valence-electron chi connectivity index (χ3n) is 5.41. The van der Waals surface area contributed by atoms with Gasteiger partial charge in [-0.05, 0) is 31.2 Å². The van der Waals surface area contributed by atoms with Gasteiger partial charge in [0.2, 0.25) is 4.96 Å². The molecule has 0 saturated carbocycles. The number of rotatable bonds is 4. The molecule has 4 heterocycles. The molecule has 6 rings (SSSR count). The van der Waals surface area contributed by atoms with E-state index >= 15 is 0 Å². The van der Waals surface area contributed by atoms with Crippen molar-refractivity contribution in [1.29, 1.82) is 0 Å². The van der Waals surface area contributed by atoms with E-state index in [2.05, 4.69) is 24.8 Å². The first-order valence-electron chi connectivity index (χ1n) is 9.67. The van der Waals surface area contributed by atoms with Gasteiger partial charge in [-0.25, -0.2) is 4.98 Å². The summed E-state index contributed by atoms with van der Waals surface area (Å²) in [6, 6.07) is 14.8. The molecule has 1 aliphatic rings. The van der Waals surface area contributed by atoms with Crippen molar-refractivity contribution in [3.63, 3.8) is 0 Å². The first kappa shape index (κ1) is 17.9. The topological polar surface area (TPSA) is 98.3 Å². The van der Waals surface area contributed by atoms with Crippen molar-refractivity contribution < 1.29 is 9.59 Å². The number of imidazole rings is 1. The van der Waals surface area contributed by atoms with Gasteiger partial charge in [0.25, 0.3) is 11.8 Å². The molecule has 0 N–H and O–H groups in total. The van der Waals surface area contributed by atoms with Crippen LogP contribution >= 0.6 is 11.3 Å². The average Bonchev–Trinajstić information content (AvgIpc) is 3.49. The number of nitrogens with zero attached hydrogens (tertiary/aromatic N) is 7. The van der Waals surface area contributed by atoms with E-state index in [1.54, 1.807) is 28.8 Å². The summed E-state index contributed by atoms with van der Waals surface area (Å²) in [5, 5.41) is 13.7. The van der Waals surface area contributed by atoms with E-state index < -0.39 is 0 Å². The molecule has 3 aromatic heterocycles. The number of para-hydroxylation sites is 2. The fourth-order valence-corrected chi connectivity index (χ4v) is 4.76. The van der Waals surface area contributed by atoms with Crippen LogP contribution in [0.1, 0.15) is 37.4 Å². The maximum atomic E-state index is 12.6. The molecule has 0 aliphatic carbocycles. The fourth-order valence-electron chi connectivity index (χ4n) is 3.91. The molecule has 0 saturated heterocycles. The van der Waals surface area contributed by atoms with Crippen molar-refractivity contribution in [3.8, 4) is 0 Å². The Kier molecular flexibility index (Phi) is 3.78. The summed E-state index contributed by atoms with van der Waals surface area (Å²) in [6.45, 7) is 2.52. The number of aromatic nitrogens is 6. The molecule has 152 valence electrons. The number of benzene rings is 2. The number of fused-ring (bicyclic) bond motifs is 3. The summed E-state index contributed by atoms with van der Waals surface area (Å²) < 4.78 is 3.74. The second kappa shape index (κ2) is 6.54. The van der Waals surface area contributed by atoms with Crippen LogP contribution in [0.15, 0.2) is 48.5 Å². The van der Waals surface area contributed by atoms with Crippen molar-refractivity contribution in [2.75, 3.05) is 0 Å². The maximum Gasteiger partial charge on any atom is 0.261 e. The summed E-state index contributed by atoms with van der Waals surface area (Å²) in [5.41, 5.74) is 2.79. The zero-order chi connectivity index (χ0) is 21.1. The molecular weight excluding hydrogens is 414 g/mol. The van der Waals surface area contributed by atoms with Crippen LogP contribution in [-0.4, -0.2) is 46.1 Å². The largest absolute Gasteiger partial charge is 0.320 e. The van der Waals surface area contributed by atoms with Gasteiger partial charge in [0.05, 0.1) is 35.2 Å². The molecule has 0 bridgehead atoms. The smallest absolute Gasteiger partial charge is 0.261 e. The molecule has 1 aliphatic heterocycles. The lowest BCUT2D eigenvalue weighted by Crippen LogP contribution is -2.29. The Balaban J connectivity index is 1.31. The number of imide groups is 1. The quantitative estimate of drug-likeness (QED) is 0.408. The Morgan fingerprint density at radius 3 is 2.39 bits per heavy atom. The number of hydrogen-bond donors (Lipinski definition) is 0.